The third-order valence-electron chi connectivity index (χ3n) is 14.4. The molecule has 0 aliphatic rings. The molecule has 0 amide bonds. The van der Waals surface area contributed by atoms with Crippen molar-refractivity contribution in [2.75, 3.05) is 0 Å². The number of hydrogen-bond donors (Lipinski definition) is 0. The normalized spacial score (nSPS) is 11.5. The number of aromatic nitrogens is 5. The van der Waals surface area contributed by atoms with Crippen LogP contribution in [-0.2, 0) is 0 Å². The SMILES string of the molecule is c1ccc(-c2cccc(-c3ccc(-c4nc(-c5ccccc5)nc(-c5ccc(-c6ccccc6)c(-n6c7ccccc7c7ccccc76)c5)n4)cc3-n3c4ccccc4c4cc(-c5ccccc5)ccc43)c2)cc1. The van der Waals surface area contributed by atoms with Crippen LogP contribution in [0.3, 0.4) is 0 Å². The van der Waals surface area contributed by atoms with Crippen LogP contribution in [0.15, 0.2) is 273 Å². The Balaban J connectivity index is 1.01. The topological polar surface area (TPSA) is 48.5 Å². The number of benzene rings is 11. The second kappa shape index (κ2) is 18.0. The van der Waals surface area contributed by atoms with Crippen LogP contribution < -0.4 is 0 Å². The number of rotatable bonds is 9. The molecule has 0 aliphatic carbocycles. The molecule has 0 fully saturated rings. The first-order valence-electron chi connectivity index (χ1n) is 25.1. The van der Waals surface area contributed by atoms with Crippen LogP contribution >= 0.6 is 0 Å². The molecular weight excluding hydrogens is 899 g/mol. The van der Waals surface area contributed by atoms with E-state index in [1.54, 1.807) is 0 Å². The molecule has 14 aromatic rings. The number of para-hydroxylation sites is 3. The largest absolute Gasteiger partial charge is 0.309 e. The highest BCUT2D eigenvalue weighted by molar-refractivity contribution is 6.12. The molecule has 14 rings (SSSR count). The van der Waals surface area contributed by atoms with E-state index in [1.165, 1.54) is 38.2 Å². The van der Waals surface area contributed by atoms with Crippen molar-refractivity contribution in [3.8, 4) is 90.0 Å². The quantitative estimate of drug-likeness (QED) is 0.145. The summed E-state index contributed by atoms with van der Waals surface area (Å²) in [6.07, 6.45) is 0. The van der Waals surface area contributed by atoms with Gasteiger partial charge in [0.15, 0.2) is 17.5 Å². The third-order valence-corrected chi connectivity index (χ3v) is 14.4. The third kappa shape index (κ3) is 7.46. The Bertz CT molecular complexity index is 4350. The van der Waals surface area contributed by atoms with Gasteiger partial charge in [-0.3, -0.25) is 0 Å². The van der Waals surface area contributed by atoms with E-state index < -0.39 is 0 Å². The predicted molar refractivity (Wildman–Crippen MR) is 307 cm³/mol. The highest BCUT2D eigenvalue weighted by Crippen LogP contribution is 2.42. The molecular formula is C69H45N5. The van der Waals surface area contributed by atoms with E-state index in [2.05, 4.69) is 264 Å². The Labute approximate surface area is 428 Å². The fourth-order valence-corrected chi connectivity index (χ4v) is 10.9. The summed E-state index contributed by atoms with van der Waals surface area (Å²) in [7, 11) is 0. The van der Waals surface area contributed by atoms with Crippen molar-refractivity contribution < 1.29 is 0 Å². The van der Waals surface area contributed by atoms with Crippen molar-refractivity contribution in [1.82, 2.24) is 24.1 Å². The van der Waals surface area contributed by atoms with Crippen LogP contribution in [0.5, 0.6) is 0 Å². The molecule has 0 bridgehead atoms. The van der Waals surface area contributed by atoms with E-state index in [1.807, 2.05) is 18.2 Å². The summed E-state index contributed by atoms with van der Waals surface area (Å²) in [5, 5.41) is 4.77. The maximum Gasteiger partial charge on any atom is 0.164 e. The van der Waals surface area contributed by atoms with Gasteiger partial charge in [-0.15, -0.1) is 0 Å². The molecule has 0 atom stereocenters. The Morgan fingerprint density at radius 1 is 0.203 bits per heavy atom. The van der Waals surface area contributed by atoms with Crippen LogP contribution in [0.2, 0.25) is 0 Å². The summed E-state index contributed by atoms with van der Waals surface area (Å²) < 4.78 is 4.82. The molecule has 0 saturated heterocycles. The lowest BCUT2D eigenvalue weighted by Gasteiger charge is -2.18. The fraction of sp³-hybridized carbons (Fsp3) is 0. The molecule has 3 heterocycles. The second-order valence-electron chi connectivity index (χ2n) is 18.8. The van der Waals surface area contributed by atoms with Gasteiger partial charge in [0.05, 0.1) is 33.4 Å². The second-order valence-corrected chi connectivity index (χ2v) is 18.8. The van der Waals surface area contributed by atoms with Crippen molar-refractivity contribution >= 4 is 43.6 Å². The Kier molecular flexibility index (Phi) is 10.4. The molecule has 0 unspecified atom stereocenters. The Hall–Kier alpha value is -9.97. The first-order valence-corrected chi connectivity index (χ1v) is 25.1. The number of nitrogens with zero attached hydrogens (tertiary/aromatic N) is 5. The minimum atomic E-state index is 0.581. The average molecular weight is 944 g/mol. The Morgan fingerprint density at radius 2 is 0.554 bits per heavy atom. The van der Waals surface area contributed by atoms with E-state index in [0.717, 1.165) is 77.9 Å². The lowest BCUT2D eigenvalue weighted by atomic mass is 9.96. The van der Waals surface area contributed by atoms with Gasteiger partial charge in [-0.25, -0.2) is 15.0 Å². The number of fused-ring (bicyclic) bond motifs is 6. The maximum absolute atomic E-state index is 5.46. The van der Waals surface area contributed by atoms with E-state index in [9.17, 15) is 0 Å². The van der Waals surface area contributed by atoms with Crippen LogP contribution in [0.4, 0.5) is 0 Å². The van der Waals surface area contributed by atoms with Gasteiger partial charge in [-0.1, -0.05) is 224 Å². The monoisotopic (exact) mass is 943 g/mol. The summed E-state index contributed by atoms with van der Waals surface area (Å²) in [6, 6.07) is 97.2. The summed E-state index contributed by atoms with van der Waals surface area (Å²) in [6.45, 7) is 0. The fourth-order valence-electron chi connectivity index (χ4n) is 10.9. The van der Waals surface area contributed by atoms with Gasteiger partial charge in [0.25, 0.3) is 0 Å². The van der Waals surface area contributed by atoms with Crippen LogP contribution in [-0.4, -0.2) is 24.1 Å². The first-order chi connectivity index (χ1) is 36.7. The van der Waals surface area contributed by atoms with Crippen LogP contribution in [0, 0.1) is 0 Å². The highest BCUT2D eigenvalue weighted by Gasteiger charge is 2.22. The molecule has 0 radical (unpaired) electrons. The zero-order valence-corrected chi connectivity index (χ0v) is 40.2. The summed E-state index contributed by atoms with van der Waals surface area (Å²) in [5.41, 5.74) is 18.3. The van der Waals surface area contributed by atoms with Gasteiger partial charge < -0.3 is 9.13 Å². The van der Waals surface area contributed by atoms with Gasteiger partial charge in [-0.05, 0) is 81.9 Å². The minimum Gasteiger partial charge on any atom is -0.309 e. The highest BCUT2D eigenvalue weighted by atomic mass is 15.0. The van der Waals surface area contributed by atoms with Gasteiger partial charge in [-0.2, -0.15) is 0 Å². The first kappa shape index (κ1) is 42.9. The summed E-state index contributed by atoms with van der Waals surface area (Å²) in [5.74, 6) is 1.77. The molecule has 74 heavy (non-hydrogen) atoms. The van der Waals surface area contributed by atoms with Crippen molar-refractivity contribution in [3.63, 3.8) is 0 Å². The summed E-state index contributed by atoms with van der Waals surface area (Å²) in [4.78, 5) is 16.1. The van der Waals surface area contributed by atoms with Crippen molar-refractivity contribution in [1.29, 1.82) is 0 Å². The van der Waals surface area contributed by atoms with Crippen molar-refractivity contribution in [3.05, 3.63) is 273 Å². The minimum absolute atomic E-state index is 0.581. The average Bonchev–Trinajstić information content (AvgIpc) is 4.03. The van der Waals surface area contributed by atoms with E-state index in [0.29, 0.717) is 17.5 Å². The molecule has 0 saturated carbocycles. The van der Waals surface area contributed by atoms with E-state index in [4.69, 9.17) is 15.0 Å². The lowest BCUT2D eigenvalue weighted by molar-refractivity contribution is 1.07. The van der Waals surface area contributed by atoms with Crippen LogP contribution in [0.25, 0.3) is 134 Å². The molecule has 11 aromatic carbocycles. The lowest BCUT2D eigenvalue weighted by Crippen LogP contribution is -2.03. The summed E-state index contributed by atoms with van der Waals surface area (Å²) >= 11 is 0. The standard InChI is InChI=1S/C69H45N5/c1-5-20-46(21-6-1)50-28-19-29-52(42-50)56-40-37-54(45-66(56)74-63-35-18-15-32-59(63)60-43-51(38-41-64(60)74)47-22-7-2-8-23-47)69-71-67(49-26-11-4-12-27-49)70-68(72-69)53-36-39-55(48-24-9-3-10-25-48)65(44-53)73-61-33-16-13-30-57(61)58-31-14-17-34-62(58)73/h1-45H. The van der Waals surface area contributed by atoms with Crippen LogP contribution in [0.1, 0.15) is 0 Å². The predicted octanol–water partition coefficient (Wildman–Crippen LogP) is 17.7. The van der Waals surface area contributed by atoms with Crippen molar-refractivity contribution in [2.24, 2.45) is 0 Å². The maximum atomic E-state index is 5.46. The smallest absolute Gasteiger partial charge is 0.164 e. The molecule has 346 valence electrons. The van der Waals surface area contributed by atoms with Gasteiger partial charge in [0.2, 0.25) is 0 Å². The zero-order valence-electron chi connectivity index (χ0n) is 40.2. The molecule has 5 nitrogen and oxygen atoms in total. The van der Waals surface area contributed by atoms with Crippen molar-refractivity contribution in [2.45, 2.75) is 0 Å². The van der Waals surface area contributed by atoms with Gasteiger partial charge >= 0.3 is 0 Å². The zero-order chi connectivity index (χ0) is 49.0. The van der Waals surface area contributed by atoms with E-state index >= 15 is 0 Å². The molecule has 0 spiro atoms. The van der Waals surface area contributed by atoms with Gasteiger partial charge in [0.1, 0.15) is 0 Å². The molecule has 0 aliphatic heterocycles. The Morgan fingerprint density at radius 3 is 1.07 bits per heavy atom. The molecule has 0 N–H and O–H groups in total. The molecule has 3 aromatic heterocycles. The van der Waals surface area contributed by atoms with Gasteiger partial charge in [0, 0.05) is 49.4 Å². The number of hydrogen-bond acceptors (Lipinski definition) is 3. The van der Waals surface area contributed by atoms with E-state index in [-0.39, 0.29) is 0 Å². The molecule has 5 heteroatoms.